The molecule has 11 heteroatoms. The van der Waals surface area contributed by atoms with Gasteiger partial charge in [-0.25, -0.2) is 4.39 Å². The van der Waals surface area contributed by atoms with Crippen LogP contribution in [0.25, 0.3) is 11.3 Å². The first-order valence-electron chi connectivity index (χ1n) is 10.9. The quantitative estimate of drug-likeness (QED) is 0.377. The van der Waals surface area contributed by atoms with Gasteiger partial charge in [0.05, 0.1) is 22.8 Å². The van der Waals surface area contributed by atoms with E-state index in [0.717, 1.165) is 16.6 Å². The summed E-state index contributed by atoms with van der Waals surface area (Å²) in [5, 5.41) is 15.1. The summed E-state index contributed by atoms with van der Waals surface area (Å²) in [5.41, 5.74) is 0.00531. The molecule has 4 aromatic heterocycles. The van der Waals surface area contributed by atoms with E-state index in [2.05, 4.69) is 20.6 Å². The number of halogens is 2. The number of carbonyl (C=O) groups excluding carboxylic acids is 1. The van der Waals surface area contributed by atoms with Crippen LogP contribution in [-0.2, 0) is 19.5 Å². The third kappa shape index (κ3) is 5.83. The second-order valence-corrected chi connectivity index (χ2v) is 10.8. The Kier molecular flexibility index (Phi) is 7.13. The van der Waals surface area contributed by atoms with Crippen molar-refractivity contribution in [1.29, 1.82) is 0 Å². The maximum Gasteiger partial charge on any atom is 0.254 e. The second kappa shape index (κ2) is 10.1. The average molecular weight is 515 g/mol. The number of pyridine rings is 1. The Labute approximate surface area is 210 Å². The summed E-state index contributed by atoms with van der Waals surface area (Å²) in [6.45, 7) is 6.03. The van der Waals surface area contributed by atoms with Crippen molar-refractivity contribution < 1.29 is 9.18 Å². The number of hydrogen-bond acceptors (Lipinski definition) is 7. The van der Waals surface area contributed by atoms with Gasteiger partial charge in [-0.3, -0.25) is 9.59 Å². The normalized spacial score (nSPS) is 11.6. The monoisotopic (exact) mass is 514 g/mol. The lowest BCUT2D eigenvalue weighted by Gasteiger charge is -2.18. The fourth-order valence-corrected chi connectivity index (χ4v) is 4.39. The molecule has 35 heavy (non-hydrogen) atoms. The number of aryl methyl sites for hydroxylation is 2. The molecular weight excluding hydrogens is 491 g/mol. The van der Waals surface area contributed by atoms with Crippen LogP contribution in [-0.4, -0.2) is 30.5 Å². The van der Waals surface area contributed by atoms with Gasteiger partial charge in [-0.1, -0.05) is 32.4 Å². The van der Waals surface area contributed by atoms with Gasteiger partial charge in [0, 0.05) is 46.9 Å². The average Bonchev–Trinajstić information content (AvgIpc) is 3.43. The molecule has 0 aliphatic heterocycles. The molecule has 0 bridgehead atoms. The summed E-state index contributed by atoms with van der Waals surface area (Å²) in [4.78, 5) is 26.7. The van der Waals surface area contributed by atoms with Crippen molar-refractivity contribution in [3.05, 3.63) is 79.9 Å². The fourth-order valence-electron chi connectivity index (χ4n) is 3.37. The topological polar surface area (TPSA) is 94.7 Å². The van der Waals surface area contributed by atoms with E-state index in [1.54, 1.807) is 51.4 Å². The highest BCUT2D eigenvalue weighted by Crippen LogP contribution is 2.28. The third-order valence-electron chi connectivity index (χ3n) is 5.26. The molecule has 0 spiro atoms. The highest BCUT2D eigenvalue weighted by molar-refractivity contribution is 7.16. The molecule has 0 aliphatic carbocycles. The van der Waals surface area contributed by atoms with E-state index in [1.165, 1.54) is 26.7 Å². The van der Waals surface area contributed by atoms with Gasteiger partial charge < -0.3 is 9.88 Å². The molecule has 182 valence electrons. The number of nitrogens with zero attached hydrogens (tertiary/aromatic N) is 5. The van der Waals surface area contributed by atoms with Gasteiger partial charge in [-0.05, 0) is 30.2 Å². The van der Waals surface area contributed by atoms with Crippen LogP contribution in [0.5, 0.6) is 0 Å². The minimum absolute atomic E-state index is 0.0273. The second-order valence-electron chi connectivity index (χ2n) is 9.01. The zero-order valence-corrected chi connectivity index (χ0v) is 21.0. The van der Waals surface area contributed by atoms with Gasteiger partial charge in [-0.15, -0.1) is 11.3 Å². The maximum absolute atomic E-state index is 15.1. The molecule has 4 aromatic rings. The lowest BCUT2D eigenvalue weighted by Crippen LogP contribution is -2.28. The highest BCUT2D eigenvalue weighted by Gasteiger charge is 2.27. The molecule has 0 amide bonds. The van der Waals surface area contributed by atoms with Gasteiger partial charge in [0.1, 0.15) is 11.6 Å². The van der Waals surface area contributed by atoms with E-state index in [0.29, 0.717) is 23.1 Å². The number of anilines is 1. The summed E-state index contributed by atoms with van der Waals surface area (Å²) < 4.78 is 18.3. The van der Waals surface area contributed by atoms with Crippen molar-refractivity contribution in [2.24, 2.45) is 5.41 Å². The summed E-state index contributed by atoms with van der Waals surface area (Å²) in [5.74, 6) is -0.477. The first-order chi connectivity index (χ1) is 16.6. The Morgan fingerprint density at radius 1 is 1.20 bits per heavy atom. The molecule has 0 unspecified atom stereocenters. The van der Waals surface area contributed by atoms with Crippen molar-refractivity contribution >= 4 is 34.7 Å². The smallest absolute Gasteiger partial charge is 0.254 e. The number of aromatic nitrogens is 5. The van der Waals surface area contributed by atoms with Crippen LogP contribution in [0.15, 0.2) is 53.7 Å². The molecule has 8 nitrogen and oxygen atoms in total. The zero-order valence-electron chi connectivity index (χ0n) is 19.5. The zero-order chi connectivity index (χ0) is 25.2. The first kappa shape index (κ1) is 24.7. The number of thiophene rings is 1. The molecule has 0 saturated carbocycles. The van der Waals surface area contributed by atoms with Gasteiger partial charge in [-0.2, -0.15) is 20.0 Å². The van der Waals surface area contributed by atoms with Crippen LogP contribution in [0.2, 0.25) is 4.34 Å². The fraction of sp³-hybridized carbons (Fsp3) is 0.292. The highest BCUT2D eigenvalue weighted by atomic mass is 35.5. The first-order valence-corrected chi connectivity index (χ1v) is 12.1. The molecule has 0 aromatic carbocycles. The van der Waals surface area contributed by atoms with E-state index in [4.69, 9.17) is 11.6 Å². The molecular formula is C24H24ClFN6O2S. The van der Waals surface area contributed by atoms with E-state index >= 15 is 4.39 Å². The van der Waals surface area contributed by atoms with Gasteiger partial charge in [0.15, 0.2) is 0 Å². The van der Waals surface area contributed by atoms with Crippen molar-refractivity contribution in [2.75, 3.05) is 5.32 Å². The Balaban J connectivity index is 1.64. The lowest BCUT2D eigenvalue weighted by atomic mass is 9.96. The molecule has 0 atom stereocenters. The number of nitrogens with one attached hydrogen (secondary N) is 1. The van der Waals surface area contributed by atoms with Gasteiger partial charge in [0.25, 0.3) is 11.5 Å². The van der Waals surface area contributed by atoms with E-state index in [-0.39, 0.29) is 29.3 Å². The molecule has 4 heterocycles. The third-order valence-corrected chi connectivity index (χ3v) is 6.49. The van der Waals surface area contributed by atoms with Crippen LogP contribution in [0.4, 0.5) is 10.2 Å². The Hall–Kier alpha value is -3.37. The summed E-state index contributed by atoms with van der Waals surface area (Å²) in [7, 11) is 0. The maximum atomic E-state index is 15.1. The van der Waals surface area contributed by atoms with Crippen LogP contribution in [0.1, 0.15) is 36.0 Å². The minimum atomic E-state index is -0.726. The number of carbonyl (C=O) groups is 1. The Morgan fingerprint density at radius 2 is 2.00 bits per heavy atom. The van der Waals surface area contributed by atoms with Crippen molar-refractivity contribution in [1.82, 2.24) is 24.5 Å². The largest absolute Gasteiger partial charge is 0.365 e. The Bertz CT molecular complexity index is 1410. The van der Waals surface area contributed by atoms with E-state index in [9.17, 15) is 9.59 Å². The minimum Gasteiger partial charge on any atom is -0.365 e. The molecule has 0 radical (unpaired) electrons. The summed E-state index contributed by atoms with van der Waals surface area (Å²) >= 11 is 7.43. The van der Waals surface area contributed by atoms with Crippen molar-refractivity contribution in [3.63, 3.8) is 0 Å². The van der Waals surface area contributed by atoms with Gasteiger partial charge >= 0.3 is 0 Å². The Morgan fingerprint density at radius 3 is 2.66 bits per heavy atom. The number of rotatable bonds is 7. The molecule has 0 aliphatic rings. The van der Waals surface area contributed by atoms with Crippen LogP contribution >= 0.6 is 22.9 Å². The van der Waals surface area contributed by atoms with Crippen molar-refractivity contribution in [3.8, 4) is 11.3 Å². The standard InChI is InChI=1S/C24H24ClFN6O2S/c1-24(2,3)23(34)32-21(27-13-16-4-5-20(25)35-16)11-19(30-32)17-10-22(33)31(14-18(17)26)9-7-15-6-8-28-29-12-15/h4-6,8,10-12,14,27H,7,9,13H2,1-3H3. The van der Waals surface area contributed by atoms with E-state index in [1.807, 2.05) is 6.07 Å². The predicted molar refractivity (Wildman–Crippen MR) is 134 cm³/mol. The molecule has 0 fully saturated rings. The van der Waals surface area contributed by atoms with Gasteiger partial charge in [0.2, 0.25) is 0 Å². The lowest BCUT2D eigenvalue weighted by molar-refractivity contribution is 0.0752. The summed E-state index contributed by atoms with van der Waals surface area (Å²) in [6, 6.07) is 8.25. The van der Waals surface area contributed by atoms with Crippen LogP contribution in [0, 0.1) is 11.2 Å². The van der Waals surface area contributed by atoms with E-state index < -0.39 is 11.2 Å². The summed E-state index contributed by atoms with van der Waals surface area (Å²) in [6.07, 6.45) is 4.84. The molecule has 4 rings (SSSR count). The van der Waals surface area contributed by atoms with Crippen LogP contribution < -0.4 is 10.9 Å². The predicted octanol–water partition coefficient (Wildman–Crippen LogP) is 4.90. The number of hydrogen-bond donors (Lipinski definition) is 1. The van der Waals surface area contributed by atoms with Crippen molar-refractivity contribution in [2.45, 2.75) is 40.3 Å². The molecule has 0 saturated heterocycles. The molecule has 1 N–H and O–H groups in total. The van der Waals surface area contributed by atoms with Crippen LogP contribution in [0.3, 0.4) is 0 Å². The SMILES string of the molecule is CC(C)(C)C(=O)n1nc(-c2cc(=O)n(CCc3ccnnc3)cc2F)cc1NCc1ccc(Cl)s1.